The minimum atomic E-state index is -0.340. The van der Waals surface area contributed by atoms with Crippen LogP contribution in [0.2, 0.25) is 0 Å². The van der Waals surface area contributed by atoms with Gasteiger partial charge >= 0.3 is 0 Å². The zero-order valence-corrected chi connectivity index (χ0v) is 16.6. The van der Waals surface area contributed by atoms with Crippen LogP contribution in [0, 0.1) is 5.82 Å². The van der Waals surface area contributed by atoms with E-state index in [4.69, 9.17) is 4.74 Å². The molecule has 2 aromatic carbocycles. The van der Waals surface area contributed by atoms with E-state index in [1.807, 2.05) is 31.2 Å². The molecule has 0 radical (unpaired) electrons. The molecule has 1 N–H and O–H groups in total. The average molecular weight is 399 g/mol. The van der Waals surface area contributed by atoms with E-state index in [0.29, 0.717) is 17.8 Å². The minimum absolute atomic E-state index is 0.0260. The van der Waals surface area contributed by atoms with E-state index in [2.05, 4.69) is 10.2 Å². The molecule has 0 spiro atoms. The van der Waals surface area contributed by atoms with E-state index in [-0.39, 0.29) is 30.6 Å². The smallest absolute Gasteiger partial charge is 0.243 e. The van der Waals surface area contributed by atoms with Crippen molar-refractivity contribution in [2.45, 2.75) is 13.3 Å². The third kappa shape index (κ3) is 6.02. The van der Waals surface area contributed by atoms with Gasteiger partial charge in [0.1, 0.15) is 5.82 Å². The van der Waals surface area contributed by atoms with Gasteiger partial charge in [-0.1, -0.05) is 12.1 Å². The molecular weight excluding hydrogens is 373 g/mol. The summed E-state index contributed by atoms with van der Waals surface area (Å²) >= 11 is 0. The predicted molar refractivity (Wildman–Crippen MR) is 110 cm³/mol. The summed E-state index contributed by atoms with van der Waals surface area (Å²) in [4.78, 5) is 28.6. The highest BCUT2D eigenvalue weighted by Gasteiger charge is 2.16. The Hall–Kier alpha value is -2.93. The van der Waals surface area contributed by atoms with Crippen molar-refractivity contribution >= 4 is 23.2 Å². The Morgan fingerprint density at radius 2 is 1.72 bits per heavy atom. The highest BCUT2D eigenvalue weighted by Crippen LogP contribution is 2.19. The summed E-state index contributed by atoms with van der Waals surface area (Å²) in [6.45, 7) is 5.37. The molecule has 7 heteroatoms. The summed E-state index contributed by atoms with van der Waals surface area (Å²) in [5.41, 5.74) is 2.50. The number of hydrogen-bond acceptors (Lipinski definition) is 4. The molecule has 0 bridgehead atoms. The summed E-state index contributed by atoms with van der Waals surface area (Å²) in [7, 11) is 0. The second kappa shape index (κ2) is 10.0. The number of hydrogen-bond donors (Lipinski definition) is 1. The van der Waals surface area contributed by atoms with E-state index >= 15 is 0 Å². The number of anilines is 2. The van der Waals surface area contributed by atoms with Gasteiger partial charge in [0.25, 0.3) is 0 Å². The first-order valence-corrected chi connectivity index (χ1v) is 9.80. The Morgan fingerprint density at radius 1 is 1.07 bits per heavy atom. The molecule has 1 heterocycles. The van der Waals surface area contributed by atoms with Gasteiger partial charge in [0.05, 0.1) is 26.2 Å². The molecule has 6 nitrogen and oxygen atoms in total. The number of rotatable bonds is 7. The van der Waals surface area contributed by atoms with Crippen molar-refractivity contribution in [1.82, 2.24) is 4.90 Å². The summed E-state index contributed by atoms with van der Waals surface area (Å²) in [6.07, 6.45) is 0.135. The number of nitrogens with zero attached hydrogens (tertiary/aromatic N) is 2. The van der Waals surface area contributed by atoms with Gasteiger partial charge in [-0.3, -0.25) is 9.59 Å². The zero-order chi connectivity index (χ0) is 20.6. The van der Waals surface area contributed by atoms with Gasteiger partial charge in [0.15, 0.2) is 0 Å². The lowest BCUT2D eigenvalue weighted by Gasteiger charge is -2.29. The van der Waals surface area contributed by atoms with Crippen LogP contribution in [0.25, 0.3) is 0 Å². The number of carbonyl (C=O) groups excluding carboxylic acids is 2. The lowest BCUT2D eigenvalue weighted by molar-refractivity contribution is -0.133. The predicted octanol–water partition coefficient (Wildman–Crippen LogP) is 2.69. The van der Waals surface area contributed by atoms with Gasteiger partial charge in [-0.25, -0.2) is 4.39 Å². The van der Waals surface area contributed by atoms with E-state index in [1.165, 1.54) is 17.0 Å². The van der Waals surface area contributed by atoms with Crippen LogP contribution >= 0.6 is 0 Å². The second-order valence-corrected chi connectivity index (χ2v) is 6.91. The largest absolute Gasteiger partial charge is 0.378 e. The maximum atomic E-state index is 13.0. The van der Waals surface area contributed by atoms with E-state index < -0.39 is 0 Å². The van der Waals surface area contributed by atoms with Crippen molar-refractivity contribution in [2.75, 3.05) is 49.6 Å². The van der Waals surface area contributed by atoms with Crippen molar-refractivity contribution in [1.29, 1.82) is 0 Å². The van der Waals surface area contributed by atoms with E-state index in [0.717, 1.165) is 32.0 Å². The van der Waals surface area contributed by atoms with E-state index in [9.17, 15) is 14.0 Å². The number of carbonyl (C=O) groups is 2. The molecule has 3 rings (SSSR count). The first kappa shape index (κ1) is 20.8. The molecule has 154 valence electrons. The van der Waals surface area contributed by atoms with Crippen molar-refractivity contribution in [3.63, 3.8) is 0 Å². The van der Waals surface area contributed by atoms with Crippen LogP contribution in [0.3, 0.4) is 0 Å². The van der Waals surface area contributed by atoms with Gasteiger partial charge in [0, 0.05) is 31.0 Å². The van der Waals surface area contributed by atoms with Crippen LogP contribution in [0.5, 0.6) is 0 Å². The molecule has 29 heavy (non-hydrogen) atoms. The lowest BCUT2D eigenvalue weighted by atomic mass is 10.1. The van der Waals surface area contributed by atoms with Crippen molar-refractivity contribution in [2.24, 2.45) is 0 Å². The summed E-state index contributed by atoms with van der Waals surface area (Å²) < 4.78 is 18.4. The number of morpholine rings is 1. The number of halogens is 1. The maximum absolute atomic E-state index is 13.0. The Labute approximate surface area is 170 Å². The van der Waals surface area contributed by atoms with Crippen molar-refractivity contribution in [3.8, 4) is 0 Å². The molecule has 0 aromatic heterocycles. The van der Waals surface area contributed by atoms with Crippen LogP contribution < -0.4 is 10.2 Å². The molecule has 2 aromatic rings. The van der Waals surface area contributed by atoms with Crippen LogP contribution in [-0.4, -0.2) is 56.1 Å². The number of amides is 2. The molecular formula is C22H26FN3O3. The number of ether oxygens (including phenoxy) is 1. The van der Waals surface area contributed by atoms with Gasteiger partial charge in [-0.15, -0.1) is 0 Å². The summed E-state index contributed by atoms with van der Waals surface area (Å²) in [5.74, 6) is -0.761. The maximum Gasteiger partial charge on any atom is 0.243 e. The summed E-state index contributed by atoms with van der Waals surface area (Å²) in [6, 6.07) is 13.5. The monoisotopic (exact) mass is 399 g/mol. The van der Waals surface area contributed by atoms with Crippen molar-refractivity contribution in [3.05, 3.63) is 59.9 Å². The molecule has 0 saturated carbocycles. The van der Waals surface area contributed by atoms with Crippen LogP contribution in [0.15, 0.2) is 48.5 Å². The Kier molecular flexibility index (Phi) is 7.19. The normalized spacial score (nSPS) is 13.8. The SMILES string of the molecule is CCN(CC(=O)Nc1ccc(N2CCOCC2)cc1)C(=O)Cc1ccc(F)cc1. The number of nitrogens with one attached hydrogen (secondary N) is 1. The fourth-order valence-electron chi connectivity index (χ4n) is 3.22. The highest BCUT2D eigenvalue weighted by atomic mass is 19.1. The molecule has 2 amide bonds. The molecule has 1 saturated heterocycles. The minimum Gasteiger partial charge on any atom is -0.378 e. The molecule has 0 aliphatic carbocycles. The molecule has 1 aliphatic heterocycles. The molecule has 0 atom stereocenters. The molecule has 1 aliphatic rings. The lowest BCUT2D eigenvalue weighted by Crippen LogP contribution is -2.38. The van der Waals surface area contributed by atoms with Crippen LogP contribution in [0.1, 0.15) is 12.5 Å². The summed E-state index contributed by atoms with van der Waals surface area (Å²) in [5, 5.41) is 2.84. The van der Waals surface area contributed by atoms with Crippen molar-refractivity contribution < 1.29 is 18.7 Å². The van der Waals surface area contributed by atoms with Gasteiger partial charge in [-0.05, 0) is 48.9 Å². The first-order chi connectivity index (χ1) is 14.0. The number of likely N-dealkylation sites (N-methyl/N-ethyl adjacent to an activating group) is 1. The number of benzene rings is 2. The molecule has 0 unspecified atom stereocenters. The van der Waals surface area contributed by atoms with Gasteiger partial charge < -0.3 is 19.9 Å². The average Bonchev–Trinajstić information content (AvgIpc) is 2.74. The quantitative estimate of drug-likeness (QED) is 0.778. The fourth-order valence-corrected chi connectivity index (χ4v) is 3.22. The third-order valence-corrected chi connectivity index (χ3v) is 4.86. The van der Waals surface area contributed by atoms with E-state index in [1.54, 1.807) is 12.1 Å². The Balaban J connectivity index is 1.52. The first-order valence-electron chi connectivity index (χ1n) is 9.80. The van der Waals surface area contributed by atoms with Crippen LogP contribution in [-0.2, 0) is 20.7 Å². The topological polar surface area (TPSA) is 61.9 Å². The van der Waals surface area contributed by atoms with Gasteiger partial charge in [-0.2, -0.15) is 0 Å². The van der Waals surface area contributed by atoms with Crippen LogP contribution in [0.4, 0.5) is 15.8 Å². The zero-order valence-electron chi connectivity index (χ0n) is 16.6. The standard InChI is InChI=1S/C22H26FN3O3/c1-2-25(22(28)15-17-3-5-18(23)6-4-17)16-21(27)24-19-7-9-20(10-8-19)26-11-13-29-14-12-26/h3-10H,2,11-16H2,1H3,(H,24,27). The Morgan fingerprint density at radius 3 is 2.34 bits per heavy atom. The third-order valence-electron chi connectivity index (χ3n) is 4.86. The molecule has 1 fully saturated rings. The Bertz CT molecular complexity index is 818. The highest BCUT2D eigenvalue weighted by molar-refractivity contribution is 5.94. The fraction of sp³-hybridized carbons (Fsp3) is 0.364. The second-order valence-electron chi connectivity index (χ2n) is 6.91. The van der Waals surface area contributed by atoms with Gasteiger partial charge in [0.2, 0.25) is 11.8 Å².